The summed E-state index contributed by atoms with van der Waals surface area (Å²) in [5, 5.41) is 0. The van der Waals surface area contributed by atoms with Crippen LogP contribution in [0.2, 0.25) is 0 Å². The molecule has 0 aliphatic carbocycles. The van der Waals surface area contributed by atoms with Gasteiger partial charge in [0, 0.05) is 17.7 Å². The van der Waals surface area contributed by atoms with Gasteiger partial charge in [-0.3, -0.25) is 0 Å². The van der Waals surface area contributed by atoms with E-state index in [1.54, 1.807) is 0 Å². The van der Waals surface area contributed by atoms with Crippen molar-refractivity contribution >= 4 is 0 Å². The average molecular weight is 283 g/mol. The molecule has 1 aromatic carbocycles. The number of nitrogens with two attached hydrogens (primary N) is 1. The highest BCUT2D eigenvalue weighted by Crippen LogP contribution is 2.21. The Morgan fingerprint density at radius 3 is 2.15 bits per heavy atom. The molecule has 1 unspecified atom stereocenters. The molecule has 114 valence electrons. The first-order valence-electron chi connectivity index (χ1n) is 7.85. The Labute approximate surface area is 121 Å². The van der Waals surface area contributed by atoms with Gasteiger partial charge in [-0.1, -0.05) is 64.4 Å². The summed E-state index contributed by atoms with van der Waals surface area (Å²) in [6.45, 7) is 2.22. The standard InChI is InChI=1S/C17H27F2N/c1-2-3-4-5-6-7-8-9-10-17(20)15-12-11-14(18)13-16(15)19/h11-13,17H,2-10,20H2,1H3. The summed E-state index contributed by atoms with van der Waals surface area (Å²) < 4.78 is 26.3. The van der Waals surface area contributed by atoms with Crippen LogP contribution in [0, 0.1) is 11.6 Å². The smallest absolute Gasteiger partial charge is 0.130 e. The number of rotatable bonds is 10. The zero-order chi connectivity index (χ0) is 14.8. The fourth-order valence-electron chi connectivity index (χ4n) is 2.46. The molecule has 1 rings (SSSR count). The number of hydrogen-bond acceptors (Lipinski definition) is 1. The van der Waals surface area contributed by atoms with Crippen molar-refractivity contribution in [3.8, 4) is 0 Å². The lowest BCUT2D eigenvalue weighted by atomic mass is 9.99. The number of benzene rings is 1. The van der Waals surface area contributed by atoms with Crippen LogP contribution in [0.25, 0.3) is 0 Å². The van der Waals surface area contributed by atoms with Crippen LogP contribution in [-0.2, 0) is 0 Å². The van der Waals surface area contributed by atoms with Crippen molar-refractivity contribution in [1.82, 2.24) is 0 Å². The molecule has 0 aromatic heterocycles. The number of halogens is 2. The lowest BCUT2D eigenvalue weighted by Crippen LogP contribution is -2.12. The van der Waals surface area contributed by atoms with Gasteiger partial charge < -0.3 is 5.73 Å². The Morgan fingerprint density at radius 2 is 1.55 bits per heavy atom. The van der Waals surface area contributed by atoms with E-state index in [1.165, 1.54) is 50.7 Å². The predicted molar refractivity (Wildman–Crippen MR) is 80.5 cm³/mol. The van der Waals surface area contributed by atoms with Gasteiger partial charge in [0.15, 0.2) is 0 Å². The minimum atomic E-state index is -0.550. The molecule has 20 heavy (non-hydrogen) atoms. The Bertz CT molecular complexity index is 379. The summed E-state index contributed by atoms with van der Waals surface area (Å²) in [5.41, 5.74) is 6.39. The van der Waals surface area contributed by atoms with Crippen molar-refractivity contribution in [2.45, 2.75) is 70.8 Å². The maximum atomic E-state index is 13.5. The molecule has 0 fully saturated rings. The van der Waals surface area contributed by atoms with E-state index in [0.717, 1.165) is 25.3 Å². The van der Waals surface area contributed by atoms with Crippen LogP contribution in [0.5, 0.6) is 0 Å². The third kappa shape index (κ3) is 6.47. The molecule has 1 aromatic rings. The minimum absolute atomic E-state index is 0.323. The molecule has 0 radical (unpaired) electrons. The lowest BCUT2D eigenvalue weighted by molar-refractivity contribution is 0.512. The van der Waals surface area contributed by atoms with Crippen molar-refractivity contribution in [3.05, 3.63) is 35.4 Å². The van der Waals surface area contributed by atoms with E-state index in [0.29, 0.717) is 5.56 Å². The Kier molecular flexibility index (Phi) is 8.43. The summed E-state index contributed by atoms with van der Waals surface area (Å²) in [5.74, 6) is -1.08. The SMILES string of the molecule is CCCCCCCCCCC(N)c1ccc(F)cc1F. The minimum Gasteiger partial charge on any atom is -0.324 e. The zero-order valence-corrected chi connectivity index (χ0v) is 12.5. The predicted octanol–water partition coefficient (Wildman–Crippen LogP) is 5.50. The zero-order valence-electron chi connectivity index (χ0n) is 12.5. The molecular weight excluding hydrogens is 256 g/mol. The topological polar surface area (TPSA) is 26.0 Å². The van der Waals surface area contributed by atoms with Gasteiger partial charge in [0.25, 0.3) is 0 Å². The first-order valence-corrected chi connectivity index (χ1v) is 7.85. The molecule has 0 saturated heterocycles. The van der Waals surface area contributed by atoms with Crippen molar-refractivity contribution in [2.24, 2.45) is 5.73 Å². The van der Waals surface area contributed by atoms with E-state index in [1.807, 2.05) is 0 Å². The maximum Gasteiger partial charge on any atom is 0.130 e. The summed E-state index contributed by atoms with van der Waals surface area (Å²) in [7, 11) is 0. The van der Waals surface area contributed by atoms with Crippen LogP contribution >= 0.6 is 0 Å². The van der Waals surface area contributed by atoms with Crippen molar-refractivity contribution in [1.29, 1.82) is 0 Å². The molecule has 0 aliphatic heterocycles. The Morgan fingerprint density at radius 1 is 0.950 bits per heavy atom. The molecule has 0 bridgehead atoms. The van der Waals surface area contributed by atoms with Crippen LogP contribution in [0.1, 0.15) is 76.3 Å². The van der Waals surface area contributed by atoms with Gasteiger partial charge in [0.05, 0.1) is 0 Å². The largest absolute Gasteiger partial charge is 0.324 e. The van der Waals surface area contributed by atoms with Crippen LogP contribution in [-0.4, -0.2) is 0 Å². The fraction of sp³-hybridized carbons (Fsp3) is 0.647. The van der Waals surface area contributed by atoms with E-state index < -0.39 is 11.6 Å². The summed E-state index contributed by atoms with van der Waals surface area (Å²) >= 11 is 0. The summed E-state index contributed by atoms with van der Waals surface area (Å²) in [6.07, 6.45) is 10.7. The van der Waals surface area contributed by atoms with Crippen molar-refractivity contribution in [2.75, 3.05) is 0 Å². The van der Waals surface area contributed by atoms with Crippen molar-refractivity contribution in [3.63, 3.8) is 0 Å². The van der Waals surface area contributed by atoms with Gasteiger partial charge in [-0.05, 0) is 12.5 Å². The average Bonchev–Trinajstić information content (AvgIpc) is 2.41. The monoisotopic (exact) mass is 283 g/mol. The molecule has 1 atom stereocenters. The quantitative estimate of drug-likeness (QED) is 0.564. The number of hydrogen-bond donors (Lipinski definition) is 1. The van der Waals surface area contributed by atoms with Gasteiger partial charge in [-0.2, -0.15) is 0 Å². The van der Waals surface area contributed by atoms with Gasteiger partial charge >= 0.3 is 0 Å². The summed E-state index contributed by atoms with van der Waals surface area (Å²) in [4.78, 5) is 0. The Hall–Kier alpha value is -0.960. The fourth-order valence-corrected chi connectivity index (χ4v) is 2.46. The molecule has 0 saturated carbocycles. The molecule has 0 aliphatic rings. The summed E-state index contributed by atoms with van der Waals surface area (Å²) in [6, 6.07) is 3.31. The first kappa shape index (κ1) is 17.1. The highest BCUT2D eigenvalue weighted by atomic mass is 19.1. The molecule has 0 spiro atoms. The maximum absolute atomic E-state index is 13.5. The molecule has 0 heterocycles. The first-order chi connectivity index (χ1) is 9.65. The second-order valence-corrected chi connectivity index (χ2v) is 5.54. The molecular formula is C17H27F2N. The van der Waals surface area contributed by atoms with Crippen LogP contribution in [0.15, 0.2) is 18.2 Å². The van der Waals surface area contributed by atoms with E-state index >= 15 is 0 Å². The third-order valence-electron chi connectivity index (χ3n) is 3.73. The highest BCUT2D eigenvalue weighted by molar-refractivity contribution is 5.21. The van der Waals surface area contributed by atoms with Gasteiger partial charge in [0.2, 0.25) is 0 Å². The highest BCUT2D eigenvalue weighted by Gasteiger charge is 2.11. The third-order valence-corrected chi connectivity index (χ3v) is 3.73. The lowest BCUT2D eigenvalue weighted by Gasteiger charge is -2.12. The van der Waals surface area contributed by atoms with Crippen LogP contribution < -0.4 is 5.73 Å². The Balaban J connectivity index is 2.15. The second-order valence-electron chi connectivity index (χ2n) is 5.54. The van der Waals surface area contributed by atoms with E-state index in [-0.39, 0.29) is 6.04 Å². The van der Waals surface area contributed by atoms with Gasteiger partial charge in [-0.15, -0.1) is 0 Å². The van der Waals surface area contributed by atoms with E-state index in [2.05, 4.69) is 6.92 Å². The van der Waals surface area contributed by atoms with Gasteiger partial charge in [-0.25, -0.2) is 8.78 Å². The van der Waals surface area contributed by atoms with Crippen molar-refractivity contribution < 1.29 is 8.78 Å². The second kappa shape index (κ2) is 9.87. The van der Waals surface area contributed by atoms with Crippen LogP contribution in [0.4, 0.5) is 8.78 Å². The molecule has 3 heteroatoms. The molecule has 1 nitrogen and oxygen atoms in total. The molecule has 2 N–H and O–H groups in total. The molecule has 0 amide bonds. The van der Waals surface area contributed by atoms with E-state index in [9.17, 15) is 8.78 Å². The van der Waals surface area contributed by atoms with Crippen LogP contribution in [0.3, 0.4) is 0 Å². The van der Waals surface area contributed by atoms with Gasteiger partial charge in [0.1, 0.15) is 11.6 Å². The van der Waals surface area contributed by atoms with E-state index in [4.69, 9.17) is 5.73 Å². The number of unbranched alkanes of at least 4 members (excludes halogenated alkanes) is 7. The normalized spacial score (nSPS) is 12.6.